The summed E-state index contributed by atoms with van der Waals surface area (Å²) in [7, 11) is 0. The van der Waals surface area contributed by atoms with Crippen LogP contribution in [0.3, 0.4) is 0 Å². The van der Waals surface area contributed by atoms with Gasteiger partial charge in [0.1, 0.15) is 12.4 Å². The molecule has 132 valence electrons. The van der Waals surface area contributed by atoms with Gasteiger partial charge in [-0.05, 0) is 47.9 Å². The molecule has 0 aliphatic rings. The zero-order chi connectivity index (χ0) is 18.4. The molecule has 0 aliphatic carbocycles. The van der Waals surface area contributed by atoms with E-state index in [2.05, 4.69) is 28.2 Å². The van der Waals surface area contributed by atoms with Crippen LogP contribution in [0.4, 0.5) is 5.69 Å². The molecular weight excluding hydrogens is 390 g/mol. The summed E-state index contributed by atoms with van der Waals surface area (Å²) in [5.74, 6) is 0.360. The van der Waals surface area contributed by atoms with Gasteiger partial charge in [-0.3, -0.25) is 4.79 Å². The Bertz CT molecular complexity index is 876. The maximum atomic E-state index is 12.7. The van der Waals surface area contributed by atoms with Crippen molar-refractivity contribution in [2.24, 2.45) is 0 Å². The van der Waals surface area contributed by atoms with Gasteiger partial charge < -0.3 is 10.1 Å². The van der Waals surface area contributed by atoms with Gasteiger partial charge in [0, 0.05) is 10.2 Å². The van der Waals surface area contributed by atoms with Crippen molar-refractivity contribution >= 4 is 27.5 Å². The average molecular weight is 410 g/mol. The van der Waals surface area contributed by atoms with Gasteiger partial charge in [0.05, 0.1) is 5.56 Å². The maximum absolute atomic E-state index is 12.7. The minimum atomic E-state index is -0.196. The van der Waals surface area contributed by atoms with Crippen molar-refractivity contribution in [3.63, 3.8) is 0 Å². The van der Waals surface area contributed by atoms with E-state index in [0.29, 0.717) is 17.9 Å². The lowest BCUT2D eigenvalue weighted by atomic mass is 10.1. The summed E-state index contributed by atoms with van der Waals surface area (Å²) >= 11 is 3.43. The molecule has 0 aliphatic heterocycles. The predicted octanol–water partition coefficient (Wildman–Crippen LogP) is 5.84. The van der Waals surface area contributed by atoms with Gasteiger partial charge in [0.15, 0.2) is 0 Å². The van der Waals surface area contributed by atoms with Gasteiger partial charge >= 0.3 is 0 Å². The Balaban J connectivity index is 1.76. The SMILES string of the molecule is CCc1ccc(NC(=O)c2cc(Br)ccc2OCc2ccccc2)cc1. The molecule has 4 heteroatoms. The topological polar surface area (TPSA) is 38.3 Å². The van der Waals surface area contributed by atoms with E-state index in [4.69, 9.17) is 4.74 Å². The standard InChI is InChI=1S/C22H20BrNO2/c1-2-16-8-11-19(12-9-16)24-22(25)20-14-18(23)10-13-21(20)26-15-17-6-4-3-5-7-17/h3-14H,2,15H2,1H3,(H,24,25). The number of halogens is 1. The van der Waals surface area contributed by atoms with E-state index < -0.39 is 0 Å². The molecule has 0 fully saturated rings. The Morgan fingerprint density at radius 1 is 0.962 bits per heavy atom. The monoisotopic (exact) mass is 409 g/mol. The maximum Gasteiger partial charge on any atom is 0.259 e. The van der Waals surface area contributed by atoms with E-state index in [0.717, 1.165) is 22.1 Å². The highest BCUT2D eigenvalue weighted by Gasteiger charge is 2.14. The van der Waals surface area contributed by atoms with Crippen molar-refractivity contribution in [1.82, 2.24) is 0 Å². The van der Waals surface area contributed by atoms with Gasteiger partial charge in [0.2, 0.25) is 0 Å². The molecule has 26 heavy (non-hydrogen) atoms. The van der Waals surface area contributed by atoms with E-state index in [9.17, 15) is 4.79 Å². The second-order valence-corrected chi connectivity index (χ2v) is 6.84. The lowest BCUT2D eigenvalue weighted by molar-refractivity contribution is 0.102. The first kappa shape index (κ1) is 18.2. The van der Waals surface area contributed by atoms with E-state index >= 15 is 0 Å². The molecule has 0 radical (unpaired) electrons. The minimum absolute atomic E-state index is 0.196. The number of carbonyl (C=O) groups excluding carboxylic acids is 1. The van der Waals surface area contributed by atoms with Crippen molar-refractivity contribution < 1.29 is 9.53 Å². The number of hydrogen-bond donors (Lipinski definition) is 1. The summed E-state index contributed by atoms with van der Waals surface area (Å²) in [6.45, 7) is 2.51. The summed E-state index contributed by atoms with van der Waals surface area (Å²) in [6.07, 6.45) is 0.970. The summed E-state index contributed by atoms with van der Waals surface area (Å²) in [4.78, 5) is 12.7. The zero-order valence-corrected chi connectivity index (χ0v) is 16.1. The molecule has 3 aromatic rings. The smallest absolute Gasteiger partial charge is 0.259 e. The third kappa shape index (κ3) is 4.73. The molecule has 1 amide bonds. The Hall–Kier alpha value is -2.59. The first-order valence-corrected chi connectivity index (χ1v) is 9.31. The summed E-state index contributed by atoms with van der Waals surface area (Å²) in [5, 5.41) is 2.94. The Kier molecular flexibility index (Phi) is 6.08. The second kappa shape index (κ2) is 8.68. The highest BCUT2D eigenvalue weighted by Crippen LogP contribution is 2.25. The third-order valence-corrected chi connectivity index (χ3v) is 4.54. The number of hydrogen-bond acceptors (Lipinski definition) is 2. The van der Waals surface area contributed by atoms with Crippen molar-refractivity contribution in [3.8, 4) is 5.75 Å². The quantitative estimate of drug-likeness (QED) is 0.554. The van der Waals surface area contributed by atoms with Gasteiger partial charge in [-0.25, -0.2) is 0 Å². The average Bonchev–Trinajstić information content (AvgIpc) is 2.68. The van der Waals surface area contributed by atoms with Crippen LogP contribution in [-0.2, 0) is 13.0 Å². The number of anilines is 1. The molecule has 0 atom stereocenters. The van der Waals surface area contributed by atoms with Crippen LogP contribution >= 0.6 is 15.9 Å². The second-order valence-electron chi connectivity index (χ2n) is 5.92. The molecule has 0 bridgehead atoms. The van der Waals surface area contributed by atoms with Gasteiger partial charge in [-0.15, -0.1) is 0 Å². The largest absolute Gasteiger partial charge is 0.488 e. The summed E-state index contributed by atoms with van der Waals surface area (Å²) in [6, 6.07) is 23.2. The van der Waals surface area contributed by atoms with E-state index in [1.165, 1.54) is 5.56 Å². The Morgan fingerprint density at radius 3 is 2.38 bits per heavy atom. The number of ether oxygens (including phenoxy) is 1. The van der Waals surface area contributed by atoms with Crippen LogP contribution in [0, 0.1) is 0 Å². The van der Waals surface area contributed by atoms with Crippen molar-refractivity contribution in [2.75, 3.05) is 5.32 Å². The number of rotatable bonds is 6. The van der Waals surface area contributed by atoms with Crippen LogP contribution in [0.15, 0.2) is 77.3 Å². The Morgan fingerprint density at radius 2 is 1.69 bits per heavy atom. The molecule has 0 aromatic heterocycles. The van der Waals surface area contributed by atoms with Crippen LogP contribution in [0.5, 0.6) is 5.75 Å². The number of carbonyl (C=O) groups is 1. The Labute approximate surface area is 162 Å². The number of aryl methyl sites for hydroxylation is 1. The van der Waals surface area contributed by atoms with E-state index in [1.54, 1.807) is 6.07 Å². The van der Waals surface area contributed by atoms with Crippen LogP contribution in [0.25, 0.3) is 0 Å². The first-order chi connectivity index (χ1) is 12.7. The molecule has 0 unspecified atom stereocenters. The fraction of sp³-hybridized carbons (Fsp3) is 0.136. The minimum Gasteiger partial charge on any atom is -0.488 e. The summed E-state index contributed by atoms with van der Waals surface area (Å²) in [5.41, 5.74) is 3.55. The van der Waals surface area contributed by atoms with Crippen LogP contribution < -0.4 is 10.1 Å². The number of nitrogens with one attached hydrogen (secondary N) is 1. The zero-order valence-electron chi connectivity index (χ0n) is 14.5. The first-order valence-electron chi connectivity index (χ1n) is 8.52. The normalized spacial score (nSPS) is 10.4. The van der Waals surface area contributed by atoms with Crippen molar-refractivity contribution in [3.05, 3.63) is 94.0 Å². The number of amides is 1. The van der Waals surface area contributed by atoms with Gasteiger partial charge in [-0.1, -0.05) is 65.3 Å². The van der Waals surface area contributed by atoms with E-state index in [1.807, 2.05) is 66.7 Å². The lowest BCUT2D eigenvalue weighted by Gasteiger charge is -2.13. The predicted molar refractivity (Wildman–Crippen MR) is 109 cm³/mol. The van der Waals surface area contributed by atoms with Crippen LogP contribution in [0.2, 0.25) is 0 Å². The van der Waals surface area contributed by atoms with Gasteiger partial charge in [0.25, 0.3) is 5.91 Å². The molecular formula is C22H20BrNO2. The summed E-state index contributed by atoms with van der Waals surface area (Å²) < 4.78 is 6.72. The fourth-order valence-corrected chi connectivity index (χ4v) is 2.92. The highest BCUT2D eigenvalue weighted by atomic mass is 79.9. The molecule has 3 aromatic carbocycles. The molecule has 0 spiro atoms. The molecule has 3 nitrogen and oxygen atoms in total. The molecule has 3 rings (SSSR count). The number of benzene rings is 3. The van der Waals surface area contributed by atoms with Gasteiger partial charge in [-0.2, -0.15) is 0 Å². The molecule has 1 N–H and O–H groups in total. The lowest BCUT2D eigenvalue weighted by Crippen LogP contribution is -2.14. The molecule has 0 saturated carbocycles. The van der Waals surface area contributed by atoms with E-state index in [-0.39, 0.29) is 5.91 Å². The molecule has 0 saturated heterocycles. The van der Waals surface area contributed by atoms with Crippen LogP contribution in [0.1, 0.15) is 28.4 Å². The van der Waals surface area contributed by atoms with Crippen molar-refractivity contribution in [2.45, 2.75) is 20.0 Å². The highest BCUT2D eigenvalue weighted by molar-refractivity contribution is 9.10. The van der Waals surface area contributed by atoms with Crippen LogP contribution in [-0.4, -0.2) is 5.91 Å². The third-order valence-electron chi connectivity index (χ3n) is 4.04. The molecule has 0 heterocycles. The van der Waals surface area contributed by atoms with Crippen molar-refractivity contribution in [1.29, 1.82) is 0 Å². The fourth-order valence-electron chi connectivity index (χ4n) is 2.56.